The lowest BCUT2D eigenvalue weighted by atomic mass is 10.2. The summed E-state index contributed by atoms with van der Waals surface area (Å²) in [6.07, 6.45) is 2.00. The largest absolute Gasteiger partial charge is 0.488 e. The molecule has 2 unspecified atom stereocenters. The molecule has 0 aromatic heterocycles. The summed E-state index contributed by atoms with van der Waals surface area (Å²) >= 11 is 0. The van der Waals surface area contributed by atoms with Crippen LogP contribution in [0.3, 0.4) is 0 Å². The van der Waals surface area contributed by atoms with Crippen molar-refractivity contribution in [1.82, 2.24) is 4.90 Å². The van der Waals surface area contributed by atoms with Gasteiger partial charge < -0.3 is 19.7 Å². The normalized spacial score (nSPS) is 19.1. The highest BCUT2D eigenvalue weighted by atomic mass is 16.5. The van der Waals surface area contributed by atoms with Gasteiger partial charge in [0, 0.05) is 25.2 Å². The maximum atomic E-state index is 12.0. The first-order valence-corrected chi connectivity index (χ1v) is 7.48. The highest BCUT2D eigenvalue weighted by Gasteiger charge is 2.17. The molecule has 21 heavy (non-hydrogen) atoms. The lowest BCUT2D eigenvalue weighted by molar-refractivity contribution is 0.141. The lowest BCUT2D eigenvalue weighted by Crippen LogP contribution is -2.37. The first kappa shape index (κ1) is 15.6. The molecular weight excluding hydrogens is 268 g/mol. The third kappa shape index (κ3) is 4.36. The van der Waals surface area contributed by atoms with Gasteiger partial charge in [0.2, 0.25) is 0 Å². The number of benzene rings is 1. The number of urea groups is 1. The number of anilines is 1. The Bertz CT molecular complexity index is 455. The quantitative estimate of drug-likeness (QED) is 0.907. The van der Waals surface area contributed by atoms with Crippen molar-refractivity contribution in [3.63, 3.8) is 0 Å². The predicted molar refractivity (Wildman–Crippen MR) is 82.8 cm³/mol. The van der Waals surface area contributed by atoms with Crippen LogP contribution in [0.5, 0.6) is 5.75 Å². The number of amides is 2. The van der Waals surface area contributed by atoms with E-state index in [1.807, 2.05) is 31.2 Å². The standard InChI is InChI=1S/C16H24N2O3/c1-4-12(2)18(3)16(19)17-13-5-7-14(8-6-13)21-15-9-10-20-11-15/h5-8,12,15H,4,9-11H2,1-3H3,(H,17,19). The molecule has 1 N–H and O–H groups in total. The average Bonchev–Trinajstić information content (AvgIpc) is 3.00. The van der Waals surface area contributed by atoms with Gasteiger partial charge in [-0.15, -0.1) is 0 Å². The molecule has 2 amide bonds. The molecule has 2 atom stereocenters. The SMILES string of the molecule is CCC(C)N(C)C(=O)Nc1ccc(OC2CCOC2)cc1. The fourth-order valence-electron chi connectivity index (χ4n) is 2.10. The molecule has 5 heteroatoms. The van der Waals surface area contributed by atoms with Crippen molar-refractivity contribution in [3.05, 3.63) is 24.3 Å². The van der Waals surface area contributed by atoms with E-state index < -0.39 is 0 Å². The van der Waals surface area contributed by atoms with Gasteiger partial charge in [0.25, 0.3) is 0 Å². The molecule has 1 aliphatic rings. The van der Waals surface area contributed by atoms with E-state index in [1.54, 1.807) is 11.9 Å². The Labute approximate surface area is 126 Å². The van der Waals surface area contributed by atoms with E-state index in [9.17, 15) is 4.79 Å². The molecule has 0 bridgehead atoms. The first-order valence-electron chi connectivity index (χ1n) is 7.48. The smallest absolute Gasteiger partial charge is 0.321 e. The summed E-state index contributed by atoms with van der Waals surface area (Å²) in [5.41, 5.74) is 0.769. The fraction of sp³-hybridized carbons (Fsp3) is 0.562. The third-order valence-electron chi connectivity index (χ3n) is 3.87. The summed E-state index contributed by atoms with van der Waals surface area (Å²) in [5.74, 6) is 0.804. The van der Waals surface area contributed by atoms with Crippen molar-refractivity contribution in [3.8, 4) is 5.75 Å². The van der Waals surface area contributed by atoms with Gasteiger partial charge in [0.15, 0.2) is 0 Å². The van der Waals surface area contributed by atoms with E-state index in [-0.39, 0.29) is 18.2 Å². The zero-order valence-corrected chi connectivity index (χ0v) is 13.0. The minimum Gasteiger partial charge on any atom is -0.488 e. The molecule has 0 saturated carbocycles. The Kier molecular flexibility index (Phi) is 5.44. The van der Waals surface area contributed by atoms with E-state index in [1.165, 1.54) is 0 Å². The number of hydrogen-bond acceptors (Lipinski definition) is 3. The zero-order chi connectivity index (χ0) is 15.2. The summed E-state index contributed by atoms with van der Waals surface area (Å²) in [6.45, 7) is 5.51. The minimum atomic E-state index is -0.0952. The molecule has 1 aromatic carbocycles. The highest BCUT2D eigenvalue weighted by Crippen LogP contribution is 2.20. The number of hydrogen-bond donors (Lipinski definition) is 1. The van der Waals surface area contributed by atoms with Crippen molar-refractivity contribution in [2.24, 2.45) is 0 Å². The van der Waals surface area contributed by atoms with Crippen molar-refractivity contribution < 1.29 is 14.3 Å². The van der Waals surface area contributed by atoms with E-state index >= 15 is 0 Å². The van der Waals surface area contributed by atoms with Gasteiger partial charge in [-0.3, -0.25) is 0 Å². The number of rotatable bonds is 5. The predicted octanol–water partition coefficient (Wildman–Crippen LogP) is 3.12. The van der Waals surface area contributed by atoms with Crippen LogP contribution in [-0.2, 0) is 4.74 Å². The molecule has 116 valence electrons. The summed E-state index contributed by atoms with van der Waals surface area (Å²) < 4.78 is 11.1. The first-order chi connectivity index (χ1) is 10.1. The summed E-state index contributed by atoms with van der Waals surface area (Å²) in [7, 11) is 1.81. The van der Waals surface area contributed by atoms with E-state index in [0.717, 1.165) is 30.9 Å². The molecule has 1 saturated heterocycles. The van der Waals surface area contributed by atoms with Crippen LogP contribution in [0.1, 0.15) is 26.7 Å². The Morgan fingerprint density at radius 2 is 2.19 bits per heavy atom. The van der Waals surface area contributed by atoms with Crippen molar-refractivity contribution >= 4 is 11.7 Å². The molecule has 0 radical (unpaired) electrons. The number of carbonyl (C=O) groups is 1. The molecule has 1 heterocycles. The van der Waals surface area contributed by atoms with Crippen LogP contribution in [0.25, 0.3) is 0 Å². The van der Waals surface area contributed by atoms with Gasteiger partial charge in [-0.2, -0.15) is 0 Å². The van der Waals surface area contributed by atoms with Gasteiger partial charge in [0.1, 0.15) is 11.9 Å². The number of carbonyl (C=O) groups excluding carboxylic acids is 1. The lowest BCUT2D eigenvalue weighted by Gasteiger charge is -2.24. The van der Waals surface area contributed by atoms with Gasteiger partial charge in [-0.25, -0.2) is 4.79 Å². The second-order valence-corrected chi connectivity index (χ2v) is 5.43. The fourth-order valence-corrected chi connectivity index (χ4v) is 2.10. The van der Waals surface area contributed by atoms with Crippen LogP contribution in [0.2, 0.25) is 0 Å². The van der Waals surface area contributed by atoms with Gasteiger partial charge in [-0.1, -0.05) is 6.92 Å². The Morgan fingerprint density at radius 3 is 2.76 bits per heavy atom. The van der Waals surface area contributed by atoms with Gasteiger partial charge >= 0.3 is 6.03 Å². The average molecular weight is 292 g/mol. The maximum absolute atomic E-state index is 12.0. The number of nitrogens with one attached hydrogen (secondary N) is 1. The summed E-state index contributed by atoms with van der Waals surface area (Å²) in [6, 6.07) is 7.58. The molecule has 2 rings (SSSR count). The van der Waals surface area contributed by atoms with E-state index in [2.05, 4.69) is 12.2 Å². The summed E-state index contributed by atoms with van der Waals surface area (Å²) in [5, 5.41) is 2.88. The Hall–Kier alpha value is -1.75. The topological polar surface area (TPSA) is 50.8 Å². The second-order valence-electron chi connectivity index (χ2n) is 5.43. The van der Waals surface area contributed by atoms with Crippen molar-refractivity contribution in [1.29, 1.82) is 0 Å². The Morgan fingerprint density at radius 1 is 1.48 bits per heavy atom. The Balaban J connectivity index is 1.88. The van der Waals surface area contributed by atoms with Crippen LogP contribution >= 0.6 is 0 Å². The molecule has 0 spiro atoms. The molecule has 5 nitrogen and oxygen atoms in total. The van der Waals surface area contributed by atoms with Gasteiger partial charge in [-0.05, 0) is 37.6 Å². The van der Waals surface area contributed by atoms with Gasteiger partial charge in [0.05, 0.1) is 13.2 Å². The molecular formula is C16H24N2O3. The molecule has 0 aliphatic carbocycles. The van der Waals surface area contributed by atoms with Crippen molar-refractivity contribution in [2.75, 3.05) is 25.6 Å². The van der Waals surface area contributed by atoms with Crippen molar-refractivity contribution in [2.45, 2.75) is 38.8 Å². The monoisotopic (exact) mass is 292 g/mol. The molecule has 1 aliphatic heterocycles. The minimum absolute atomic E-state index is 0.0952. The number of ether oxygens (including phenoxy) is 2. The van der Waals surface area contributed by atoms with Crippen LogP contribution in [-0.4, -0.2) is 43.3 Å². The molecule has 1 aromatic rings. The third-order valence-corrected chi connectivity index (χ3v) is 3.87. The van der Waals surface area contributed by atoms with Crippen LogP contribution in [0.15, 0.2) is 24.3 Å². The molecule has 1 fully saturated rings. The summed E-state index contributed by atoms with van der Waals surface area (Å²) in [4.78, 5) is 13.8. The van der Waals surface area contributed by atoms with Crippen LogP contribution in [0, 0.1) is 0 Å². The van der Waals surface area contributed by atoms with Crippen LogP contribution < -0.4 is 10.1 Å². The van der Waals surface area contributed by atoms with E-state index in [4.69, 9.17) is 9.47 Å². The zero-order valence-electron chi connectivity index (χ0n) is 13.0. The number of nitrogens with zero attached hydrogens (tertiary/aromatic N) is 1. The van der Waals surface area contributed by atoms with E-state index in [0.29, 0.717) is 6.61 Å². The highest BCUT2D eigenvalue weighted by molar-refractivity contribution is 5.89. The second kappa shape index (κ2) is 7.31. The maximum Gasteiger partial charge on any atom is 0.321 e. The van der Waals surface area contributed by atoms with Crippen LogP contribution in [0.4, 0.5) is 10.5 Å².